The summed E-state index contributed by atoms with van der Waals surface area (Å²) >= 11 is 0. The van der Waals surface area contributed by atoms with Crippen LogP contribution in [-0.4, -0.2) is 67.0 Å². The minimum atomic E-state index is -1.22. The van der Waals surface area contributed by atoms with Crippen LogP contribution in [0.1, 0.15) is 32.4 Å². The molecule has 0 bridgehead atoms. The lowest BCUT2D eigenvalue weighted by Gasteiger charge is -2.28. The van der Waals surface area contributed by atoms with Crippen molar-refractivity contribution in [1.82, 2.24) is 5.32 Å². The van der Waals surface area contributed by atoms with Crippen LogP contribution >= 0.6 is 0 Å². The molecule has 0 aromatic heterocycles. The Bertz CT molecular complexity index is 659. The number of hydrogen-bond acceptors (Lipinski definition) is 8. The maximum atomic E-state index is 12.4. The molecule has 9 nitrogen and oxygen atoms in total. The van der Waals surface area contributed by atoms with Crippen LogP contribution in [0.3, 0.4) is 0 Å². The second-order valence-electron chi connectivity index (χ2n) is 5.99. The zero-order valence-electron chi connectivity index (χ0n) is 16.4. The quantitative estimate of drug-likeness (QED) is 0.452. The van der Waals surface area contributed by atoms with Gasteiger partial charge in [0.1, 0.15) is 0 Å². The number of carbonyl (C=O) groups is 3. The smallest absolute Gasteiger partial charge is 0.332 e. The van der Waals surface area contributed by atoms with Crippen molar-refractivity contribution in [3.8, 4) is 0 Å². The molecule has 1 amide bonds. The number of anilines is 1. The third-order valence-corrected chi connectivity index (χ3v) is 3.80. The normalized spacial score (nSPS) is 12.6. The highest BCUT2D eigenvalue weighted by Crippen LogP contribution is 2.27. The predicted octanol–water partition coefficient (Wildman–Crippen LogP) is 0.150. The molecule has 9 heteroatoms. The first-order chi connectivity index (χ1) is 13.3. The Balaban J connectivity index is 3.33. The van der Waals surface area contributed by atoms with Crippen LogP contribution in [0.25, 0.3) is 0 Å². The number of aliphatic hydroxyl groups is 2. The van der Waals surface area contributed by atoms with Gasteiger partial charge in [-0.05, 0) is 24.6 Å². The maximum absolute atomic E-state index is 12.4. The van der Waals surface area contributed by atoms with Crippen LogP contribution in [0, 0.1) is 0 Å². The number of rotatable bonds is 11. The summed E-state index contributed by atoms with van der Waals surface area (Å²) in [4.78, 5) is 37.4. The van der Waals surface area contributed by atoms with Gasteiger partial charge in [0.05, 0.1) is 19.8 Å². The van der Waals surface area contributed by atoms with Crippen LogP contribution in [0.15, 0.2) is 24.3 Å². The average Bonchev–Trinajstić information content (AvgIpc) is 2.64. The second-order valence-corrected chi connectivity index (χ2v) is 5.99. The van der Waals surface area contributed by atoms with Gasteiger partial charge in [-0.3, -0.25) is 9.59 Å². The van der Waals surface area contributed by atoms with Crippen molar-refractivity contribution in [2.75, 3.05) is 37.8 Å². The number of nitrogens with zero attached hydrogens (tertiary/aromatic N) is 1. The van der Waals surface area contributed by atoms with Crippen molar-refractivity contribution in [2.24, 2.45) is 0 Å². The molecule has 0 aliphatic rings. The van der Waals surface area contributed by atoms with Crippen molar-refractivity contribution in [2.45, 2.75) is 32.9 Å². The molecule has 0 unspecified atom stereocenters. The summed E-state index contributed by atoms with van der Waals surface area (Å²) in [5.74, 6) is -1.83. The summed E-state index contributed by atoms with van der Waals surface area (Å²) in [5.41, 5.74) is 1.11. The topological polar surface area (TPSA) is 125 Å². The van der Waals surface area contributed by atoms with E-state index in [1.807, 2.05) is 0 Å². The minimum Gasteiger partial charge on any atom is -0.464 e. The van der Waals surface area contributed by atoms with E-state index in [4.69, 9.17) is 9.47 Å². The first kappa shape index (κ1) is 23.4. The number of carbonyl (C=O) groups excluding carboxylic acids is 3. The lowest BCUT2D eigenvalue weighted by atomic mass is 10.0. The lowest BCUT2D eigenvalue weighted by Crippen LogP contribution is -2.46. The van der Waals surface area contributed by atoms with Gasteiger partial charge in [0, 0.05) is 32.6 Å². The standard InChI is InChI=1S/C19H28N2O7/c1-4-27-19(26)17(20-13(2)24)18(28-14(3)25)15-6-5-7-16(12-15)21(8-10-22)9-11-23/h5-7,12,17-18,22-23H,4,8-11H2,1-3H3,(H,20,24)/t17-,18+/m1/s1. The molecule has 0 aliphatic heterocycles. The third kappa shape index (κ3) is 7.16. The number of aliphatic hydroxyl groups excluding tert-OH is 2. The summed E-state index contributed by atoms with van der Waals surface area (Å²) < 4.78 is 10.4. The molecule has 0 radical (unpaired) electrons. The molecule has 0 aliphatic carbocycles. The maximum Gasteiger partial charge on any atom is 0.332 e. The molecule has 28 heavy (non-hydrogen) atoms. The van der Waals surface area contributed by atoms with Crippen LogP contribution in [0.5, 0.6) is 0 Å². The molecular weight excluding hydrogens is 368 g/mol. The van der Waals surface area contributed by atoms with Gasteiger partial charge >= 0.3 is 11.9 Å². The van der Waals surface area contributed by atoms with Gasteiger partial charge in [-0.1, -0.05) is 12.1 Å². The molecule has 1 aromatic rings. The van der Waals surface area contributed by atoms with Crippen LogP contribution in [0.2, 0.25) is 0 Å². The third-order valence-electron chi connectivity index (χ3n) is 3.80. The molecule has 1 aromatic carbocycles. The van der Waals surface area contributed by atoms with E-state index in [9.17, 15) is 24.6 Å². The van der Waals surface area contributed by atoms with Crippen molar-refractivity contribution in [3.05, 3.63) is 29.8 Å². The van der Waals surface area contributed by atoms with Crippen molar-refractivity contribution >= 4 is 23.5 Å². The van der Waals surface area contributed by atoms with Gasteiger partial charge < -0.3 is 29.9 Å². The monoisotopic (exact) mass is 396 g/mol. The van der Waals surface area contributed by atoms with E-state index in [-0.39, 0.29) is 32.9 Å². The Kier molecular flexibility index (Phi) is 9.97. The molecule has 156 valence electrons. The Morgan fingerprint density at radius 1 is 1.14 bits per heavy atom. The molecule has 0 fully saturated rings. The molecule has 0 spiro atoms. The fraction of sp³-hybridized carbons (Fsp3) is 0.526. The van der Waals surface area contributed by atoms with Crippen molar-refractivity contribution in [1.29, 1.82) is 0 Å². The fourth-order valence-corrected chi connectivity index (χ4v) is 2.73. The highest BCUT2D eigenvalue weighted by Gasteiger charge is 2.34. The summed E-state index contributed by atoms with van der Waals surface area (Å²) in [7, 11) is 0. The predicted molar refractivity (Wildman–Crippen MR) is 102 cm³/mol. The van der Waals surface area contributed by atoms with E-state index >= 15 is 0 Å². The fourth-order valence-electron chi connectivity index (χ4n) is 2.73. The van der Waals surface area contributed by atoms with Gasteiger partial charge in [0.2, 0.25) is 5.91 Å². The van der Waals surface area contributed by atoms with E-state index in [2.05, 4.69) is 5.32 Å². The Labute approximate surface area is 164 Å². The Hall–Kier alpha value is -2.65. The molecule has 2 atom stereocenters. The minimum absolute atomic E-state index is 0.0997. The number of amides is 1. The van der Waals surface area contributed by atoms with Crippen molar-refractivity contribution < 1.29 is 34.1 Å². The van der Waals surface area contributed by atoms with Gasteiger partial charge in [-0.15, -0.1) is 0 Å². The number of benzene rings is 1. The molecule has 0 heterocycles. The Morgan fingerprint density at radius 2 is 1.79 bits per heavy atom. The molecule has 0 saturated heterocycles. The summed E-state index contributed by atoms with van der Waals surface area (Å²) in [6, 6.07) is 5.56. The Morgan fingerprint density at radius 3 is 2.29 bits per heavy atom. The number of esters is 2. The van der Waals surface area contributed by atoms with Crippen molar-refractivity contribution in [3.63, 3.8) is 0 Å². The first-order valence-corrected chi connectivity index (χ1v) is 9.01. The van der Waals surface area contributed by atoms with Crippen LogP contribution in [-0.2, 0) is 23.9 Å². The average molecular weight is 396 g/mol. The zero-order valence-corrected chi connectivity index (χ0v) is 16.4. The van der Waals surface area contributed by atoms with Gasteiger partial charge in [-0.25, -0.2) is 4.79 Å². The SMILES string of the molecule is CCOC(=O)[C@H](NC(C)=O)[C@@H](OC(C)=O)c1cccc(N(CCO)CCO)c1. The van der Waals surface area contributed by atoms with E-state index in [1.165, 1.54) is 13.8 Å². The first-order valence-electron chi connectivity index (χ1n) is 9.01. The summed E-state index contributed by atoms with van der Waals surface area (Å²) in [5, 5.41) is 21.0. The van der Waals surface area contributed by atoms with E-state index in [0.29, 0.717) is 11.3 Å². The number of nitrogens with one attached hydrogen (secondary N) is 1. The van der Waals surface area contributed by atoms with Gasteiger partial charge in [0.15, 0.2) is 12.1 Å². The molecule has 3 N–H and O–H groups in total. The lowest BCUT2D eigenvalue weighted by molar-refractivity contribution is -0.159. The largest absolute Gasteiger partial charge is 0.464 e. The van der Waals surface area contributed by atoms with Gasteiger partial charge in [-0.2, -0.15) is 0 Å². The summed E-state index contributed by atoms with van der Waals surface area (Å²) in [6.45, 7) is 4.52. The van der Waals surface area contributed by atoms with E-state index < -0.39 is 30.0 Å². The number of hydrogen-bond donors (Lipinski definition) is 3. The van der Waals surface area contributed by atoms with Gasteiger partial charge in [0.25, 0.3) is 0 Å². The molecular formula is C19H28N2O7. The highest BCUT2D eigenvalue weighted by atomic mass is 16.6. The van der Waals surface area contributed by atoms with Crippen LogP contribution in [0.4, 0.5) is 5.69 Å². The zero-order chi connectivity index (χ0) is 21.1. The molecule has 1 rings (SSSR count). The van der Waals surface area contributed by atoms with Crippen LogP contribution < -0.4 is 10.2 Å². The van der Waals surface area contributed by atoms with E-state index in [1.54, 1.807) is 36.1 Å². The van der Waals surface area contributed by atoms with E-state index in [0.717, 1.165) is 0 Å². The second kappa shape index (κ2) is 11.9. The summed E-state index contributed by atoms with van der Waals surface area (Å²) in [6.07, 6.45) is -1.11. The molecule has 0 saturated carbocycles. The highest BCUT2D eigenvalue weighted by molar-refractivity contribution is 5.84. The number of ether oxygens (including phenoxy) is 2.